The first-order valence-electron chi connectivity index (χ1n) is 7.65. The van der Waals surface area contributed by atoms with E-state index in [1.54, 1.807) is 30.3 Å². The monoisotopic (exact) mass is 331 g/mol. The molecule has 0 atom stereocenters. The molecule has 0 aliphatic rings. The lowest BCUT2D eigenvalue weighted by Gasteiger charge is -2.09. The maximum Gasteiger partial charge on any atom is 0.269 e. The SMILES string of the molecule is O=[N+]([O-])c1ccc(-n2c(-c3ccccc3)nc3ccc(O)cc32)cc1. The average molecular weight is 331 g/mol. The van der Waals surface area contributed by atoms with Crippen LogP contribution in [0.25, 0.3) is 28.1 Å². The zero-order chi connectivity index (χ0) is 17.4. The number of nitro groups is 1. The second kappa shape index (κ2) is 5.76. The molecule has 6 nitrogen and oxygen atoms in total. The molecule has 4 rings (SSSR count). The van der Waals surface area contributed by atoms with Crippen molar-refractivity contribution < 1.29 is 10.0 Å². The number of imidazole rings is 1. The molecule has 0 aliphatic carbocycles. The Morgan fingerprint density at radius 2 is 1.68 bits per heavy atom. The highest BCUT2D eigenvalue weighted by molar-refractivity contribution is 5.84. The number of hydrogen-bond donors (Lipinski definition) is 1. The second-order valence-corrected chi connectivity index (χ2v) is 5.58. The molecular formula is C19H13N3O3. The summed E-state index contributed by atoms with van der Waals surface area (Å²) in [7, 11) is 0. The largest absolute Gasteiger partial charge is 0.508 e. The lowest BCUT2D eigenvalue weighted by atomic mass is 10.2. The predicted octanol–water partition coefficient (Wildman–Crippen LogP) is 4.31. The Hall–Kier alpha value is -3.67. The van der Waals surface area contributed by atoms with Crippen LogP contribution < -0.4 is 0 Å². The molecule has 0 spiro atoms. The lowest BCUT2D eigenvalue weighted by Crippen LogP contribution is -1.98. The van der Waals surface area contributed by atoms with Gasteiger partial charge in [-0.05, 0) is 24.3 Å². The molecule has 1 N–H and O–H groups in total. The molecule has 3 aromatic carbocycles. The van der Waals surface area contributed by atoms with Crippen LogP contribution in [0.5, 0.6) is 5.75 Å². The van der Waals surface area contributed by atoms with E-state index in [4.69, 9.17) is 0 Å². The summed E-state index contributed by atoms with van der Waals surface area (Å²) in [6.07, 6.45) is 0. The van der Waals surface area contributed by atoms with E-state index in [1.807, 2.05) is 34.9 Å². The van der Waals surface area contributed by atoms with Crippen LogP contribution in [-0.4, -0.2) is 19.6 Å². The van der Waals surface area contributed by atoms with Crippen LogP contribution in [0.4, 0.5) is 5.69 Å². The minimum Gasteiger partial charge on any atom is -0.508 e. The number of phenolic OH excluding ortho intramolecular Hbond substituents is 1. The first-order chi connectivity index (χ1) is 12.1. The van der Waals surface area contributed by atoms with E-state index < -0.39 is 4.92 Å². The lowest BCUT2D eigenvalue weighted by molar-refractivity contribution is -0.384. The standard InChI is InChI=1S/C19H13N3O3/c23-16-10-11-17-18(12-16)21(14-6-8-15(9-7-14)22(24)25)19(20-17)13-4-2-1-3-5-13/h1-12,23H. The zero-order valence-corrected chi connectivity index (χ0v) is 13.0. The molecule has 0 unspecified atom stereocenters. The highest BCUT2D eigenvalue weighted by atomic mass is 16.6. The quantitative estimate of drug-likeness (QED) is 0.448. The first-order valence-corrected chi connectivity index (χ1v) is 7.65. The van der Waals surface area contributed by atoms with E-state index in [1.165, 1.54) is 12.1 Å². The molecule has 122 valence electrons. The molecule has 0 fully saturated rings. The number of aromatic hydroxyl groups is 1. The highest BCUT2D eigenvalue weighted by Gasteiger charge is 2.15. The molecule has 0 saturated carbocycles. The number of aromatic nitrogens is 2. The van der Waals surface area contributed by atoms with Gasteiger partial charge in [-0.1, -0.05) is 30.3 Å². The molecule has 0 radical (unpaired) electrons. The van der Waals surface area contributed by atoms with Crippen LogP contribution in [0.2, 0.25) is 0 Å². The molecule has 0 saturated heterocycles. The molecule has 25 heavy (non-hydrogen) atoms. The fourth-order valence-corrected chi connectivity index (χ4v) is 2.83. The van der Waals surface area contributed by atoms with Gasteiger partial charge in [-0.25, -0.2) is 4.98 Å². The first kappa shape index (κ1) is 14.9. The van der Waals surface area contributed by atoms with Gasteiger partial charge in [0, 0.05) is 29.4 Å². The van der Waals surface area contributed by atoms with Gasteiger partial charge in [0.25, 0.3) is 5.69 Å². The maximum atomic E-state index is 10.9. The third kappa shape index (κ3) is 2.59. The van der Waals surface area contributed by atoms with Gasteiger partial charge in [-0.15, -0.1) is 0 Å². The van der Waals surface area contributed by atoms with Gasteiger partial charge >= 0.3 is 0 Å². The number of rotatable bonds is 3. The number of benzene rings is 3. The van der Waals surface area contributed by atoms with Crippen LogP contribution in [0, 0.1) is 10.1 Å². The Morgan fingerprint density at radius 3 is 2.36 bits per heavy atom. The normalized spacial score (nSPS) is 10.9. The van der Waals surface area contributed by atoms with Crippen molar-refractivity contribution in [1.82, 2.24) is 9.55 Å². The molecule has 1 heterocycles. The minimum atomic E-state index is -0.431. The van der Waals surface area contributed by atoms with E-state index in [-0.39, 0.29) is 11.4 Å². The summed E-state index contributed by atoms with van der Waals surface area (Å²) < 4.78 is 1.88. The van der Waals surface area contributed by atoms with E-state index in [0.29, 0.717) is 5.82 Å². The number of nitrogens with zero attached hydrogens (tertiary/aromatic N) is 3. The number of fused-ring (bicyclic) bond motifs is 1. The molecule has 0 amide bonds. The minimum absolute atomic E-state index is 0.0253. The van der Waals surface area contributed by atoms with Gasteiger partial charge < -0.3 is 5.11 Å². The molecule has 0 bridgehead atoms. The summed E-state index contributed by atoms with van der Waals surface area (Å²) in [5.74, 6) is 0.838. The number of hydrogen-bond acceptors (Lipinski definition) is 4. The smallest absolute Gasteiger partial charge is 0.269 e. The van der Waals surface area contributed by atoms with Gasteiger partial charge in [0.1, 0.15) is 11.6 Å². The topological polar surface area (TPSA) is 81.2 Å². The van der Waals surface area contributed by atoms with Gasteiger partial charge in [0.05, 0.1) is 16.0 Å². The Labute approximate surface area is 142 Å². The Kier molecular flexibility index (Phi) is 3.43. The van der Waals surface area contributed by atoms with E-state index in [2.05, 4.69) is 4.98 Å². The summed E-state index contributed by atoms with van der Waals surface area (Å²) >= 11 is 0. The van der Waals surface area contributed by atoms with E-state index in [9.17, 15) is 15.2 Å². The number of nitro benzene ring substituents is 1. The van der Waals surface area contributed by atoms with Crippen molar-refractivity contribution in [2.24, 2.45) is 0 Å². The van der Waals surface area contributed by atoms with Crippen LogP contribution in [0.15, 0.2) is 72.8 Å². The summed E-state index contributed by atoms with van der Waals surface area (Å²) in [6.45, 7) is 0. The van der Waals surface area contributed by atoms with Crippen molar-refractivity contribution in [2.45, 2.75) is 0 Å². The van der Waals surface area contributed by atoms with Crippen LogP contribution >= 0.6 is 0 Å². The zero-order valence-electron chi connectivity index (χ0n) is 13.0. The van der Waals surface area contributed by atoms with E-state index in [0.717, 1.165) is 22.3 Å². The average Bonchev–Trinajstić information content (AvgIpc) is 3.01. The second-order valence-electron chi connectivity index (χ2n) is 5.58. The molecule has 0 aliphatic heterocycles. The van der Waals surface area contributed by atoms with Crippen LogP contribution in [0.1, 0.15) is 0 Å². The van der Waals surface area contributed by atoms with Crippen molar-refractivity contribution in [1.29, 1.82) is 0 Å². The Bertz CT molecular complexity index is 1070. The van der Waals surface area contributed by atoms with Crippen molar-refractivity contribution in [2.75, 3.05) is 0 Å². The number of non-ortho nitro benzene ring substituents is 1. The summed E-state index contributed by atoms with van der Waals surface area (Å²) in [5, 5.41) is 20.8. The number of phenols is 1. The predicted molar refractivity (Wildman–Crippen MR) is 94.8 cm³/mol. The van der Waals surface area contributed by atoms with Crippen LogP contribution in [-0.2, 0) is 0 Å². The van der Waals surface area contributed by atoms with Gasteiger partial charge in [0.2, 0.25) is 0 Å². The molecular weight excluding hydrogens is 318 g/mol. The molecule has 6 heteroatoms. The maximum absolute atomic E-state index is 10.9. The summed E-state index contributed by atoms with van der Waals surface area (Å²) in [6, 6.07) is 20.9. The van der Waals surface area contributed by atoms with Crippen molar-refractivity contribution in [3.63, 3.8) is 0 Å². The van der Waals surface area contributed by atoms with Gasteiger partial charge in [-0.3, -0.25) is 14.7 Å². The third-order valence-corrected chi connectivity index (χ3v) is 3.99. The van der Waals surface area contributed by atoms with Gasteiger partial charge in [-0.2, -0.15) is 0 Å². The van der Waals surface area contributed by atoms with Crippen molar-refractivity contribution >= 4 is 16.7 Å². The van der Waals surface area contributed by atoms with E-state index >= 15 is 0 Å². The summed E-state index contributed by atoms with van der Waals surface area (Å²) in [4.78, 5) is 15.1. The molecule has 1 aromatic heterocycles. The Morgan fingerprint density at radius 1 is 0.960 bits per heavy atom. The van der Waals surface area contributed by atoms with Crippen molar-refractivity contribution in [3.05, 3.63) is 82.9 Å². The highest BCUT2D eigenvalue weighted by Crippen LogP contribution is 2.31. The third-order valence-electron chi connectivity index (χ3n) is 3.99. The fourth-order valence-electron chi connectivity index (χ4n) is 2.83. The fraction of sp³-hybridized carbons (Fsp3) is 0. The Balaban J connectivity index is 2.00. The van der Waals surface area contributed by atoms with Gasteiger partial charge in [0.15, 0.2) is 0 Å². The van der Waals surface area contributed by atoms with Crippen molar-refractivity contribution in [3.8, 4) is 22.8 Å². The summed E-state index contributed by atoms with van der Waals surface area (Å²) in [5.41, 5.74) is 3.13. The molecule has 4 aromatic rings. The van der Waals surface area contributed by atoms with Crippen LogP contribution in [0.3, 0.4) is 0 Å².